The van der Waals surface area contributed by atoms with Crippen molar-refractivity contribution in [3.05, 3.63) is 0 Å². The summed E-state index contributed by atoms with van der Waals surface area (Å²) in [5.41, 5.74) is 0. The van der Waals surface area contributed by atoms with Gasteiger partial charge in [-0.1, -0.05) is 33.6 Å². The number of carbonyl (C=O) groups excluding carboxylic acids is 1. The fourth-order valence-electron chi connectivity index (χ4n) is 2.90. The van der Waals surface area contributed by atoms with Crippen LogP contribution in [0.4, 0.5) is 4.79 Å². The molecule has 1 fully saturated rings. The maximum absolute atomic E-state index is 12.3. The van der Waals surface area contributed by atoms with Crippen LogP contribution in [0.2, 0.25) is 0 Å². The van der Waals surface area contributed by atoms with Gasteiger partial charge in [-0.15, -0.1) is 0 Å². The number of urea groups is 1. The molecule has 5 nitrogen and oxygen atoms in total. The molecule has 1 aliphatic rings. The van der Waals surface area contributed by atoms with E-state index in [1.165, 1.54) is 0 Å². The number of hydrogen-bond donors (Lipinski definition) is 2. The van der Waals surface area contributed by atoms with E-state index >= 15 is 0 Å². The minimum atomic E-state index is -0.938. The molecule has 1 heterocycles. The van der Waals surface area contributed by atoms with Gasteiger partial charge in [0.15, 0.2) is 0 Å². The Balaban J connectivity index is 2.51. The predicted molar refractivity (Wildman–Crippen MR) is 83.2 cm³/mol. The summed E-state index contributed by atoms with van der Waals surface area (Å²) >= 11 is 0. The molecule has 2 N–H and O–H groups in total. The van der Waals surface area contributed by atoms with Crippen LogP contribution in [0.3, 0.4) is 0 Å². The summed E-state index contributed by atoms with van der Waals surface area (Å²) in [7, 11) is 0. The van der Waals surface area contributed by atoms with Crippen LogP contribution < -0.4 is 5.32 Å². The Morgan fingerprint density at radius 3 is 2.57 bits per heavy atom. The van der Waals surface area contributed by atoms with Crippen molar-refractivity contribution in [1.82, 2.24) is 10.2 Å². The number of carboxylic acid groups (broad SMARTS) is 1. The molecule has 21 heavy (non-hydrogen) atoms. The standard InChI is InChI=1S/C16H30N2O3/c1-4-5-8-14(15(19)20)17-16(21)18-10-6-7-13(9-11-18)12(2)3/h12-14H,4-11H2,1-3H3,(H,17,21)(H,19,20)/t13?,14-/m0/s1. The molecule has 0 radical (unpaired) electrons. The van der Waals surface area contributed by atoms with Gasteiger partial charge in [0.25, 0.3) is 0 Å². The Hall–Kier alpha value is -1.26. The molecule has 0 aromatic heterocycles. The molecule has 2 amide bonds. The maximum atomic E-state index is 12.3. The molecule has 0 aromatic carbocycles. The molecule has 0 aliphatic carbocycles. The van der Waals surface area contributed by atoms with Gasteiger partial charge in [-0.3, -0.25) is 0 Å². The number of hydrogen-bond acceptors (Lipinski definition) is 2. The third-order valence-electron chi connectivity index (χ3n) is 4.44. The Kier molecular flexibility index (Phi) is 7.54. The second-order valence-corrected chi connectivity index (χ2v) is 6.40. The second-order valence-electron chi connectivity index (χ2n) is 6.40. The smallest absolute Gasteiger partial charge is 0.326 e. The van der Waals surface area contributed by atoms with Crippen LogP contribution in [0, 0.1) is 11.8 Å². The lowest BCUT2D eigenvalue weighted by molar-refractivity contribution is -0.139. The molecule has 122 valence electrons. The second kappa shape index (κ2) is 8.90. The maximum Gasteiger partial charge on any atom is 0.326 e. The Morgan fingerprint density at radius 2 is 2.00 bits per heavy atom. The molecule has 0 saturated carbocycles. The van der Waals surface area contributed by atoms with Gasteiger partial charge < -0.3 is 15.3 Å². The van der Waals surface area contributed by atoms with Crippen molar-refractivity contribution < 1.29 is 14.7 Å². The van der Waals surface area contributed by atoms with Gasteiger partial charge >= 0.3 is 12.0 Å². The van der Waals surface area contributed by atoms with Crippen molar-refractivity contribution in [2.24, 2.45) is 11.8 Å². The van der Waals surface area contributed by atoms with Crippen LogP contribution in [0.15, 0.2) is 0 Å². The quantitative estimate of drug-likeness (QED) is 0.791. The van der Waals surface area contributed by atoms with Gasteiger partial charge in [0.2, 0.25) is 0 Å². The number of rotatable bonds is 6. The molecule has 1 rings (SSSR count). The van der Waals surface area contributed by atoms with E-state index in [0.717, 1.165) is 45.2 Å². The summed E-state index contributed by atoms with van der Waals surface area (Å²) in [6, 6.07) is -0.982. The van der Waals surface area contributed by atoms with Gasteiger partial charge in [-0.05, 0) is 37.5 Å². The van der Waals surface area contributed by atoms with Gasteiger partial charge in [-0.25, -0.2) is 9.59 Å². The number of nitrogens with zero attached hydrogens (tertiary/aromatic N) is 1. The Morgan fingerprint density at radius 1 is 1.29 bits per heavy atom. The number of nitrogens with one attached hydrogen (secondary N) is 1. The topological polar surface area (TPSA) is 69.6 Å². The number of carboxylic acids is 1. The fourth-order valence-corrected chi connectivity index (χ4v) is 2.90. The fraction of sp³-hybridized carbons (Fsp3) is 0.875. The third-order valence-corrected chi connectivity index (χ3v) is 4.44. The summed E-state index contributed by atoms with van der Waals surface area (Å²) in [6.07, 6.45) is 5.41. The zero-order chi connectivity index (χ0) is 15.8. The summed E-state index contributed by atoms with van der Waals surface area (Å²) < 4.78 is 0. The normalized spacial score (nSPS) is 21.0. The van der Waals surface area contributed by atoms with Gasteiger partial charge in [-0.2, -0.15) is 0 Å². The third kappa shape index (κ3) is 5.94. The van der Waals surface area contributed by atoms with Crippen LogP contribution in [0.5, 0.6) is 0 Å². The molecule has 2 atom stereocenters. The largest absolute Gasteiger partial charge is 0.480 e. The number of aliphatic carboxylic acids is 1. The number of carbonyl (C=O) groups is 2. The molecule has 1 unspecified atom stereocenters. The summed E-state index contributed by atoms with van der Waals surface area (Å²) in [4.78, 5) is 25.2. The van der Waals surface area contributed by atoms with E-state index in [2.05, 4.69) is 19.2 Å². The summed E-state index contributed by atoms with van der Waals surface area (Å²) in [5, 5.41) is 11.9. The number of amides is 2. The summed E-state index contributed by atoms with van der Waals surface area (Å²) in [6.45, 7) is 7.93. The van der Waals surface area contributed by atoms with E-state index in [1.54, 1.807) is 4.90 Å². The number of unbranched alkanes of at least 4 members (excludes halogenated alkanes) is 1. The molecule has 1 saturated heterocycles. The van der Waals surface area contributed by atoms with Crippen LogP contribution in [-0.2, 0) is 4.79 Å². The van der Waals surface area contributed by atoms with E-state index in [4.69, 9.17) is 0 Å². The highest BCUT2D eigenvalue weighted by atomic mass is 16.4. The van der Waals surface area contributed by atoms with Crippen LogP contribution in [-0.4, -0.2) is 41.1 Å². The molecular formula is C16H30N2O3. The molecule has 5 heteroatoms. The molecule has 0 spiro atoms. The first-order valence-corrected chi connectivity index (χ1v) is 8.24. The lowest BCUT2D eigenvalue weighted by Gasteiger charge is -2.24. The van der Waals surface area contributed by atoms with E-state index in [0.29, 0.717) is 18.3 Å². The monoisotopic (exact) mass is 298 g/mol. The minimum Gasteiger partial charge on any atom is -0.480 e. The highest BCUT2D eigenvalue weighted by Crippen LogP contribution is 2.24. The van der Waals surface area contributed by atoms with Crippen LogP contribution in [0.25, 0.3) is 0 Å². The van der Waals surface area contributed by atoms with Crippen molar-refractivity contribution in [3.8, 4) is 0 Å². The highest BCUT2D eigenvalue weighted by Gasteiger charge is 2.25. The Labute approximate surface area is 128 Å². The van der Waals surface area contributed by atoms with Gasteiger partial charge in [0.1, 0.15) is 6.04 Å². The first-order chi connectivity index (χ1) is 9.95. The van der Waals surface area contributed by atoms with Crippen molar-refractivity contribution in [3.63, 3.8) is 0 Å². The predicted octanol–water partition coefficient (Wildman–Crippen LogP) is 3.10. The van der Waals surface area contributed by atoms with E-state index in [9.17, 15) is 14.7 Å². The van der Waals surface area contributed by atoms with Crippen molar-refractivity contribution >= 4 is 12.0 Å². The van der Waals surface area contributed by atoms with Crippen molar-refractivity contribution in [2.75, 3.05) is 13.1 Å². The zero-order valence-corrected chi connectivity index (χ0v) is 13.6. The van der Waals surface area contributed by atoms with Crippen LogP contribution >= 0.6 is 0 Å². The van der Waals surface area contributed by atoms with Gasteiger partial charge in [0.05, 0.1) is 0 Å². The van der Waals surface area contributed by atoms with Crippen LogP contribution in [0.1, 0.15) is 59.3 Å². The Bertz CT molecular complexity index is 344. The molecule has 0 bridgehead atoms. The average Bonchev–Trinajstić information content (AvgIpc) is 2.68. The first kappa shape index (κ1) is 17.8. The summed E-state index contributed by atoms with van der Waals surface area (Å²) in [5.74, 6) is 0.370. The lowest BCUT2D eigenvalue weighted by Crippen LogP contribution is -2.48. The molecule has 0 aromatic rings. The average molecular weight is 298 g/mol. The zero-order valence-electron chi connectivity index (χ0n) is 13.6. The first-order valence-electron chi connectivity index (χ1n) is 8.24. The van der Waals surface area contributed by atoms with Crippen molar-refractivity contribution in [1.29, 1.82) is 0 Å². The lowest BCUT2D eigenvalue weighted by atomic mass is 9.89. The molecular weight excluding hydrogens is 268 g/mol. The van der Waals surface area contributed by atoms with Gasteiger partial charge in [0, 0.05) is 13.1 Å². The minimum absolute atomic E-state index is 0.220. The number of likely N-dealkylation sites (tertiary alicyclic amines) is 1. The SMILES string of the molecule is CCCC[C@H](NC(=O)N1CCCC(C(C)C)CC1)C(=O)O. The van der Waals surface area contributed by atoms with E-state index in [-0.39, 0.29) is 6.03 Å². The molecule has 1 aliphatic heterocycles. The van der Waals surface area contributed by atoms with E-state index in [1.807, 2.05) is 6.92 Å². The highest BCUT2D eigenvalue weighted by molar-refractivity contribution is 5.82. The van der Waals surface area contributed by atoms with Crippen molar-refractivity contribution in [2.45, 2.75) is 65.3 Å². The van der Waals surface area contributed by atoms with E-state index < -0.39 is 12.0 Å².